The van der Waals surface area contributed by atoms with Crippen LogP contribution in [0.1, 0.15) is 25.3 Å². The smallest absolute Gasteiger partial charge is 0.338 e. The minimum Gasteiger partial charge on any atom is -0.462 e. The average Bonchev–Trinajstić information content (AvgIpc) is 3.16. The molecule has 1 aliphatic heterocycles. The molecule has 2 aromatic rings. The minimum absolute atomic E-state index is 0.280. The van der Waals surface area contributed by atoms with Gasteiger partial charge in [-0.15, -0.1) is 5.10 Å². The molecule has 0 spiro atoms. The van der Waals surface area contributed by atoms with E-state index >= 15 is 0 Å². The van der Waals surface area contributed by atoms with Crippen LogP contribution in [0.2, 0.25) is 0 Å². The maximum atomic E-state index is 12.4. The Hall–Kier alpha value is -2.47. The highest BCUT2D eigenvalue weighted by Crippen LogP contribution is 2.24. The first-order valence-electron chi connectivity index (χ1n) is 8.21. The Morgan fingerprint density at radius 1 is 1.33 bits per heavy atom. The van der Waals surface area contributed by atoms with Crippen molar-refractivity contribution < 1.29 is 14.3 Å². The van der Waals surface area contributed by atoms with Crippen LogP contribution >= 0.6 is 0 Å². The molecule has 6 heteroatoms. The predicted molar refractivity (Wildman–Crippen MR) is 89.5 cm³/mol. The molecule has 1 fully saturated rings. The molecular formula is C18H21N3O3. The molecule has 1 aromatic heterocycles. The summed E-state index contributed by atoms with van der Waals surface area (Å²) in [6.07, 6.45) is 7.30. The molecule has 24 heavy (non-hydrogen) atoms. The van der Waals surface area contributed by atoms with E-state index in [1.165, 1.54) is 0 Å². The molecule has 1 aliphatic rings. The lowest BCUT2D eigenvalue weighted by Gasteiger charge is -2.20. The monoisotopic (exact) mass is 327 g/mol. The lowest BCUT2D eigenvalue weighted by molar-refractivity contribution is -0.136. The number of rotatable bonds is 5. The maximum absolute atomic E-state index is 12.4. The van der Waals surface area contributed by atoms with Gasteiger partial charge < -0.3 is 9.47 Å². The van der Waals surface area contributed by atoms with Crippen LogP contribution < -0.4 is 0 Å². The number of hydrogen-bond donors (Lipinski definition) is 0. The second-order valence-corrected chi connectivity index (χ2v) is 5.65. The Balaban J connectivity index is 1.86. The van der Waals surface area contributed by atoms with Crippen molar-refractivity contribution in [2.24, 2.45) is 5.92 Å². The molecule has 1 saturated heterocycles. The number of carbonyl (C=O) groups excluding carboxylic acids is 1. The predicted octanol–water partition coefficient (Wildman–Crippen LogP) is 2.64. The lowest BCUT2D eigenvalue weighted by atomic mass is 9.94. The summed E-state index contributed by atoms with van der Waals surface area (Å²) in [4.78, 5) is 12.4. The van der Waals surface area contributed by atoms with Gasteiger partial charge in [-0.3, -0.25) is 0 Å². The topological polar surface area (TPSA) is 66.2 Å². The standard InChI is InChI=1S/C18H21N3O3/c1-2-24-18(22)17(13-14-7-11-23-12-8-14)15-3-5-16(6-4-15)21-10-9-19-20-21/h3-6,9-10,13-14H,2,7-8,11-12H2,1H3. The van der Waals surface area contributed by atoms with Crippen LogP contribution in [0.15, 0.2) is 42.7 Å². The zero-order chi connectivity index (χ0) is 16.8. The number of benzene rings is 1. The zero-order valence-corrected chi connectivity index (χ0v) is 13.7. The van der Waals surface area contributed by atoms with Crippen LogP contribution in [0.25, 0.3) is 11.3 Å². The van der Waals surface area contributed by atoms with E-state index in [9.17, 15) is 4.79 Å². The number of allylic oxidation sites excluding steroid dienone is 1. The highest BCUT2D eigenvalue weighted by molar-refractivity contribution is 6.16. The quantitative estimate of drug-likeness (QED) is 0.624. The Morgan fingerprint density at radius 2 is 2.08 bits per heavy atom. The van der Waals surface area contributed by atoms with E-state index < -0.39 is 0 Å². The summed E-state index contributed by atoms with van der Waals surface area (Å²) in [5.74, 6) is 0.0608. The molecule has 6 nitrogen and oxygen atoms in total. The first-order chi connectivity index (χ1) is 11.8. The van der Waals surface area contributed by atoms with Gasteiger partial charge in [0.2, 0.25) is 0 Å². The molecule has 0 saturated carbocycles. The number of ether oxygens (including phenoxy) is 2. The minimum atomic E-state index is -0.280. The van der Waals surface area contributed by atoms with E-state index in [0.29, 0.717) is 18.1 Å². The molecule has 0 amide bonds. The summed E-state index contributed by atoms with van der Waals surface area (Å²) in [5, 5.41) is 7.77. The van der Waals surface area contributed by atoms with Crippen LogP contribution in [0.4, 0.5) is 0 Å². The molecule has 126 valence electrons. The van der Waals surface area contributed by atoms with E-state index in [2.05, 4.69) is 10.3 Å². The molecule has 0 atom stereocenters. The lowest BCUT2D eigenvalue weighted by Crippen LogP contribution is -2.16. The van der Waals surface area contributed by atoms with Gasteiger partial charge in [-0.25, -0.2) is 9.48 Å². The second kappa shape index (κ2) is 7.88. The highest BCUT2D eigenvalue weighted by atomic mass is 16.5. The van der Waals surface area contributed by atoms with Gasteiger partial charge >= 0.3 is 5.97 Å². The van der Waals surface area contributed by atoms with Crippen molar-refractivity contribution in [3.8, 4) is 5.69 Å². The third-order valence-corrected chi connectivity index (χ3v) is 4.03. The van der Waals surface area contributed by atoms with E-state index in [-0.39, 0.29) is 5.97 Å². The van der Waals surface area contributed by atoms with Gasteiger partial charge in [0, 0.05) is 13.2 Å². The van der Waals surface area contributed by atoms with Crippen LogP contribution in [-0.2, 0) is 14.3 Å². The third kappa shape index (κ3) is 3.89. The fraction of sp³-hybridized carbons (Fsp3) is 0.389. The van der Waals surface area contributed by atoms with Crippen molar-refractivity contribution in [2.45, 2.75) is 19.8 Å². The number of esters is 1. The molecule has 0 radical (unpaired) electrons. The molecule has 3 rings (SSSR count). The van der Waals surface area contributed by atoms with Crippen molar-refractivity contribution in [1.82, 2.24) is 15.0 Å². The summed E-state index contributed by atoms with van der Waals surface area (Å²) in [5.41, 5.74) is 2.36. The number of carbonyl (C=O) groups is 1. The van der Waals surface area contributed by atoms with Gasteiger partial charge in [0.25, 0.3) is 0 Å². The van der Waals surface area contributed by atoms with Gasteiger partial charge in [0.1, 0.15) is 0 Å². The second-order valence-electron chi connectivity index (χ2n) is 5.65. The van der Waals surface area contributed by atoms with E-state index in [1.807, 2.05) is 37.3 Å². The SMILES string of the molecule is CCOC(=O)C(=CC1CCOCC1)c1ccc(-n2ccnn2)cc1. The normalized spacial score (nSPS) is 16.1. The molecule has 1 aromatic carbocycles. The first-order valence-corrected chi connectivity index (χ1v) is 8.21. The van der Waals surface area contributed by atoms with Crippen LogP contribution in [0.5, 0.6) is 0 Å². The number of nitrogens with zero attached hydrogens (tertiary/aromatic N) is 3. The zero-order valence-electron chi connectivity index (χ0n) is 13.7. The molecule has 0 unspecified atom stereocenters. The molecule has 0 bridgehead atoms. The van der Waals surface area contributed by atoms with Gasteiger partial charge in [-0.05, 0) is 43.4 Å². The molecule has 2 heterocycles. The van der Waals surface area contributed by atoms with Crippen molar-refractivity contribution in [3.63, 3.8) is 0 Å². The summed E-state index contributed by atoms with van der Waals surface area (Å²) in [6, 6.07) is 7.67. The molecular weight excluding hydrogens is 306 g/mol. The van der Waals surface area contributed by atoms with Crippen molar-refractivity contribution in [3.05, 3.63) is 48.3 Å². The van der Waals surface area contributed by atoms with Crippen LogP contribution in [-0.4, -0.2) is 40.8 Å². The van der Waals surface area contributed by atoms with E-state index in [4.69, 9.17) is 9.47 Å². The molecule has 0 N–H and O–H groups in total. The van der Waals surface area contributed by atoms with Gasteiger partial charge in [0.05, 0.1) is 30.3 Å². The average molecular weight is 327 g/mol. The van der Waals surface area contributed by atoms with Crippen LogP contribution in [0, 0.1) is 5.92 Å². The summed E-state index contributed by atoms with van der Waals surface area (Å²) < 4.78 is 12.3. The fourth-order valence-corrected chi connectivity index (χ4v) is 2.75. The van der Waals surface area contributed by atoms with Gasteiger partial charge in [-0.1, -0.05) is 23.4 Å². The highest BCUT2D eigenvalue weighted by Gasteiger charge is 2.18. The Bertz CT molecular complexity index is 687. The van der Waals surface area contributed by atoms with Gasteiger partial charge in [-0.2, -0.15) is 0 Å². The Labute approximate surface area is 141 Å². The summed E-state index contributed by atoms with van der Waals surface area (Å²) >= 11 is 0. The summed E-state index contributed by atoms with van der Waals surface area (Å²) in [6.45, 7) is 3.66. The van der Waals surface area contributed by atoms with Crippen molar-refractivity contribution in [1.29, 1.82) is 0 Å². The Kier molecular flexibility index (Phi) is 5.38. The van der Waals surface area contributed by atoms with E-state index in [1.54, 1.807) is 17.1 Å². The fourth-order valence-electron chi connectivity index (χ4n) is 2.75. The third-order valence-electron chi connectivity index (χ3n) is 4.03. The van der Waals surface area contributed by atoms with Gasteiger partial charge in [0.15, 0.2) is 0 Å². The number of hydrogen-bond acceptors (Lipinski definition) is 5. The van der Waals surface area contributed by atoms with Crippen molar-refractivity contribution in [2.75, 3.05) is 19.8 Å². The largest absolute Gasteiger partial charge is 0.462 e. The summed E-state index contributed by atoms with van der Waals surface area (Å²) in [7, 11) is 0. The van der Waals surface area contributed by atoms with E-state index in [0.717, 1.165) is 37.3 Å². The Morgan fingerprint density at radius 3 is 2.71 bits per heavy atom. The van der Waals surface area contributed by atoms with Crippen LogP contribution in [0.3, 0.4) is 0 Å². The number of aromatic nitrogens is 3. The molecule has 0 aliphatic carbocycles. The first kappa shape index (κ1) is 16.4. The van der Waals surface area contributed by atoms with Crippen molar-refractivity contribution >= 4 is 11.5 Å². The maximum Gasteiger partial charge on any atom is 0.338 e.